The molecule has 0 aliphatic carbocycles. The first kappa shape index (κ1) is 22.1. The number of fused-ring (bicyclic) bond motifs is 1. The molecule has 1 heterocycles. The molecule has 0 bridgehead atoms. The van der Waals surface area contributed by atoms with Gasteiger partial charge in [0.2, 0.25) is 5.91 Å². The molecule has 0 N–H and O–H groups in total. The fourth-order valence-electron chi connectivity index (χ4n) is 5.76. The van der Waals surface area contributed by atoms with E-state index in [4.69, 9.17) is 0 Å². The number of carbonyl (C=O) groups is 1. The zero-order valence-electron chi connectivity index (χ0n) is 20.0. The molecular weight excluding hydrogens is 438 g/mol. The highest BCUT2D eigenvalue weighted by molar-refractivity contribution is 6.00. The molecular formula is C34H27NO. The summed E-state index contributed by atoms with van der Waals surface area (Å²) in [5.41, 5.74) is 6.00. The molecule has 0 saturated carbocycles. The van der Waals surface area contributed by atoms with Gasteiger partial charge in [0.1, 0.15) is 0 Å². The summed E-state index contributed by atoms with van der Waals surface area (Å²) in [6, 6.07) is 49.8. The highest BCUT2D eigenvalue weighted by atomic mass is 16.2. The van der Waals surface area contributed by atoms with Gasteiger partial charge < -0.3 is 4.90 Å². The second-order valence-electron chi connectivity index (χ2n) is 9.32. The topological polar surface area (TPSA) is 20.3 Å². The van der Waals surface area contributed by atoms with Gasteiger partial charge in [0, 0.05) is 12.1 Å². The molecule has 0 spiro atoms. The molecule has 5 aromatic carbocycles. The van der Waals surface area contributed by atoms with Crippen LogP contribution in [0, 0.1) is 0 Å². The number of hydrogen-bond donors (Lipinski definition) is 0. The Balaban J connectivity index is 1.62. The zero-order chi connectivity index (χ0) is 24.4. The van der Waals surface area contributed by atoms with Gasteiger partial charge in [-0.1, -0.05) is 140 Å². The standard InChI is InChI=1S/C34H27NO/c36-32-25-34(28-19-9-3-10-20-28,29-21-11-4-12-22-29)30-23-13-14-24-31(30)35(32)33(26-15-5-1-6-16-26)27-17-7-2-8-18-27/h1-24,33H,25H2. The second-order valence-corrected chi connectivity index (χ2v) is 9.32. The lowest BCUT2D eigenvalue weighted by atomic mass is 9.64. The van der Waals surface area contributed by atoms with E-state index in [9.17, 15) is 4.79 Å². The predicted octanol–water partition coefficient (Wildman–Crippen LogP) is 7.55. The third-order valence-corrected chi connectivity index (χ3v) is 7.33. The molecule has 0 unspecified atom stereocenters. The molecule has 0 atom stereocenters. The largest absolute Gasteiger partial charge is 0.300 e. The lowest BCUT2D eigenvalue weighted by Crippen LogP contribution is -2.47. The van der Waals surface area contributed by atoms with Crippen molar-refractivity contribution in [1.82, 2.24) is 0 Å². The fraction of sp³-hybridized carbons (Fsp3) is 0.0882. The highest BCUT2D eigenvalue weighted by Crippen LogP contribution is 2.51. The number of nitrogens with zero attached hydrogens (tertiary/aromatic N) is 1. The van der Waals surface area contributed by atoms with Gasteiger partial charge in [-0.25, -0.2) is 0 Å². The smallest absolute Gasteiger partial charge is 0.229 e. The van der Waals surface area contributed by atoms with Crippen LogP contribution in [0.4, 0.5) is 5.69 Å². The van der Waals surface area contributed by atoms with E-state index in [0.29, 0.717) is 6.42 Å². The molecule has 1 aliphatic heterocycles. The van der Waals surface area contributed by atoms with Crippen molar-refractivity contribution >= 4 is 11.6 Å². The van der Waals surface area contributed by atoms with Crippen LogP contribution >= 0.6 is 0 Å². The van der Waals surface area contributed by atoms with Crippen molar-refractivity contribution in [2.45, 2.75) is 17.9 Å². The first-order valence-electron chi connectivity index (χ1n) is 12.4. The number of para-hydroxylation sites is 1. The van der Waals surface area contributed by atoms with Gasteiger partial charge in [0.15, 0.2) is 0 Å². The monoisotopic (exact) mass is 465 g/mol. The minimum atomic E-state index is -0.565. The van der Waals surface area contributed by atoms with Gasteiger partial charge in [0.25, 0.3) is 0 Å². The number of rotatable bonds is 5. The van der Waals surface area contributed by atoms with Crippen LogP contribution in [0.2, 0.25) is 0 Å². The third kappa shape index (κ3) is 3.63. The van der Waals surface area contributed by atoms with Crippen molar-refractivity contribution in [3.8, 4) is 0 Å². The normalized spacial score (nSPS) is 14.5. The second kappa shape index (κ2) is 9.31. The average Bonchev–Trinajstić information content (AvgIpc) is 2.96. The Morgan fingerprint density at radius 2 is 0.944 bits per heavy atom. The maximum Gasteiger partial charge on any atom is 0.229 e. The summed E-state index contributed by atoms with van der Waals surface area (Å²) >= 11 is 0. The van der Waals surface area contributed by atoms with Crippen LogP contribution in [-0.2, 0) is 10.2 Å². The summed E-state index contributed by atoms with van der Waals surface area (Å²) in [5.74, 6) is 0.110. The molecule has 0 fully saturated rings. The molecule has 0 aromatic heterocycles. The maximum atomic E-state index is 14.4. The summed E-state index contributed by atoms with van der Waals surface area (Å²) in [6.45, 7) is 0. The highest BCUT2D eigenvalue weighted by Gasteiger charge is 2.47. The Labute approximate surface area is 212 Å². The summed E-state index contributed by atoms with van der Waals surface area (Å²) in [6.07, 6.45) is 0.355. The summed E-state index contributed by atoms with van der Waals surface area (Å²) in [7, 11) is 0. The number of anilines is 1. The van der Waals surface area contributed by atoms with Crippen molar-refractivity contribution in [1.29, 1.82) is 0 Å². The molecule has 0 saturated heterocycles. The molecule has 174 valence electrons. The molecule has 5 aromatic rings. The van der Waals surface area contributed by atoms with Crippen molar-refractivity contribution < 1.29 is 4.79 Å². The fourth-order valence-corrected chi connectivity index (χ4v) is 5.76. The van der Waals surface area contributed by atoms with Crippen LogP contribution in [0.5, 0.6) is 0 Å². The summed E-state index contributed by atoms with van der Waals surface area (Å²) < 4.78 is 0. The van der Waals surface area contributed by atoms with Crippen molar-refractivity contribution in [3.63, 3.8) is 0 Å². The van der Waals surface area contributed by atoms with Crippen LogP contribution in [0.15, 0.2) is 146 Å². The first-order chi connectivity index (χ1) is 17.8. The minimum Gasteiger partial charge on any atom is -0.300 e. The van der Waals surface area contributed by atoms with Gasteiger partial charge in [-0.3, -0.25) is 4.79 Å². The molecule has 1 amide bonds. The van der Waals surface area contributed by atoms with Crippen molar-refractivity contribution in [3.05, 3.63) is 173 Å². The van der Waals surface area contributed by atoms with Crippen molar-refractivity contribution in [2.75, 3.05) is 4.90 Å². The average molecular weight is 466 g/mol. The Morgan fingerprint density at radius 3 is 1.44 bits per heavy atom. The molecule has 2 nitrogen and oxygen atoms in total. The van der Waals surface area contributed by atoms with E-state index in [1.807, 2.05) is 59.5 Å². The molecule has 36 heavy (non-hydrogen) atoms. The Bertz CT molecular complexity index is 1380. The zero-order valence-corrected chi connectivity index (χ0v) is 20.0. The Morgan fingerprint density at radius 1 is 0.528 bits per heavy atom. The quantitative estimate of drug-likeness (QED) is 0.262. The Kier molecular flexibility index (Phi) is 5.71. The lowest BCUT2D eigenvalue weighted by Gasteiger charge is -2.46. The van der Waals surface area contributed by atoms with Gasteiger partial charge >= 0.3 is 0 Å². The number of carbonyl (C=O) groups excluding carboxylic acids is 1. The van der Waals surface area contributed by atoms with Crippen LogP contribution in [0.3, 0.4) is 0 Å². The van der Waals surface area contributed by atoms with Gasteiger partial charge in [0.05, 0.1) is 11.5 Å². The van der Waals surface area contributed by atoms with Crippen LogP contribution in [-0.4, -0.2) is 5.91 Å². The van der Waals surface area contributed by atoms with Crippen LogP contribution in [0.25, 0.3) is 0 Å². The number of benzene rings is 5. The lowest BCUT2D eigenvalue weighted by molar-refractivity contribution is -0.120. The number of hydrogen-bond acceptors (Lipinski definition) is 1. The van der Waals surface area contributed by atoms with E-state index in [1.54, 1.807) is 0 Å². The van der Waals surface area contributed by atoms with Crippen molar-refractivity contribution in [2.24, 2.45) is 0 Å². The van der Waals surface area contributed by atoms with E-state index in [2.05, 4.69) is 91.0 Å². The Hall–Kier alpha value is -4.43. The van der Waals surface area contributed by atoms with E-state index < -0.39 is 5.41 Å². The minimum absolute atomic E-state index is 0.110. The molecule has 1 aliphatic rings. The first-order valence-corrected chi connectivity index (χ1v) is 12.4. The van der Waals surface area contributed by atoms with Crippen LogP contribution in [0.1, 0.15) is 40.3 Å². The van der Waals surface area contributed by atoms with E-state index in [0.717, 1.165) is 33.5 Å². The van der Waals surface area contributed by atoms with E-state index in [-0.39, 0.29) is 11.9 Å². The maximum absolute atomic E-state index is 14.4. The van der Waals surface area contributed by atoms with E-state index >= 15 is 0 Å². The van der Waals surface area contributed by atoms with Gasteiger partial charge in [-0.15, -0.1) is 0 Å². The third-order valence-electron chi connectivity index (χ3n) is 7.33. The molecule has 0 radical (unpaired) electrons. The molecule has 6 rings (SSSR count). The molecule has 2 heteroatoms. The van der Waals surface area contributed by atoms with Gasteiger partial charge in [-0.05, 0) is 33.9 Å². The van der Waals surface area contributed by atoms with Crippen LogP contribution < -0.4 is 4.90 Å². The summed E-state index contributed by atoms with van der Waals surface area (Å²) in [5, 5.41) is 0. The van der Waals surface area contributed by atoms with E-state index in [1.165, 1.54) is 0 Å². The van der Waals surface area contributed by atoms with Gasteiger partial charge in [-0.2, -0.15) is 0 Å². The predicted molar refractivity (Wildman–Crippen MR) is 146 cm³/mol. The SMILES string of the molecule is O=C1CC(c2ccccc2)(c2ccccc2)c2ccccc2N1C(c1ccccc1)c1ccccc1. The number of amides is 1. The summed E-state index contributed by atoms with van der Waals surface area (Å²) in [4.78, 5) is 16.5.